The van der Waals surface area contributed by atoms with Crippen molar-refractivity contribution in [3.63, 3.8) is 0 Å². The third kappa shape index (κ3) is 10.7. The first-order valence-electron chi connectivity index (χ1n) is 6.79. The van der Waals surface area contributed by atoms with Gasteiger partial charge in [-0.15, -0.1) is 0 Å². The van der Waals surface area contributed by atoms with E-state index in [2.05, 4.69) is 21.3 Å². The lowest BCUT2D eigenvalue weighted by Gasteiger charge is -2.11. The van der Waals surface area contributed by atoms with E-state index in [1.807, 2.05) is 0 Å². The summed E-state index contributed by atoms with van der Waals surface area (Å²) in [6.07, 6.45) is 0. The zero-order valence-corrected chi connectivity index (χ0v) is 12.1. The summed E-state index contributed by atoms with van der Waals surface area (Å²) in [7, 11) is 0. The van der Waals surface area contributed by atoms with Crippen LogP contribution in [0.5, 0.6) is 0 Å². The highest BCUT2D eigenvalue weighted by Gasteiger charge is 2.08. The molecule has 0 aliphatic rings. The highest BCUT2D eigenvalue weighted by atomic mass is 16.4. The van der Waals surface area contributed by atoms with E-state index in [-0.39, 0.29) is 0 Å². The summed E-state index contributed by atoms with van der Waals surface area (Å²) in [6.45, 7) is 7.37. The maximum Gasteiger partial charge on any atom is 0.320 e. The number of hydrogen-bond donors (Lipinski definition) is 6. The van der Waals surface area contributed by atoms with E-state index < -0.39 is 24.0 Å². The van der Waals surface area contributed by atoms with Gasteiger partial charge in [-0.25, -0.2) is 0 Å². The van der Waals surface area contributed by atoms with Crippen molar-refractivity contribution in [3.05, 3.63) is 0 Å². The average Bonchev–Trinajstić information content (AvgIpc) is 2.39. The first-order chi connectivity index (χ1) is 9.45. The largest absolute Gasteiger partial charge is 0.480 e. The van der Waals surface area contributed by atoms with Gasteiger partial charge < -0.3 is 31.5 Å². The van der Waals surface area contributed by atoms with Crippen molar-refractivity contribution >= 4 is 11.9 Å². The molecule has 0 fully saturated rings. The molecule has 0 saturated carbocycles. The standard InChI is InChI=1S/C12H26N4O4/c1-9(11(17)18)15-7-5-13-3-4-14-6-8-16-10(2)12(19)20/h9-10,13-16H,3-8H2,1-2H3,(H,17,18)(H,19,20)/t9-,10-/m0/s1. The van der Waals surface area contributed by atoms with Gasteiger partial charge in [-0.1, -0.05) is 0 Å². The van der Waals surface area contributed by atoms with E-state index in [1.165, 1.54) is 0 Å². The molecule has 0 spiro atoms. The predicted octanol–water partition coefficient (Wildman–Crippen LogP) is -1.71. The molecule has 2 atom stereocenters. The second kappa shape index (κ2) is 11.6. The Balaban J connectivity index is 3.21. The fourth-order valence-corrected chi connectivity index (χ4v) is 1.36. The second-order valence-electron chi connectivity index (χ2n) is 4.53. The third-order valence-electron chi connectivity index (χ3n) is 2.72. The van der Waals surface area contributed by atoms with Crippen LogP contribution in [0.3, 0.4) is 0 Å². The maximum atomic E-state index is 10.5. The molecule has 8 heteroatoms. The molecule has 0 aliphatic carbocycles. The zero-order chi connectivity index (χ0) is 15.4. The summed E-state index contributed by atoms with van der Waals surface area (Å²) in [6, 6.07) is -1.06. The minimum absolute atomic E-state index is 0.530. The van der Waals surface area contributed by atoms with E-state index in [0.29, 0.717) is 26.2 Å². The Morgan fingerprint density at radius 2 is 1.05 bits per heavy atom. The molecule has 8 nitrogen and oxygen atoms in total. The van der Waals surface area contributed by atoms with Crippen molar-refractivity contribution in [3.8, 4) is 0 Å². The van der Waals surface area contributed by atoms with Gasteiger partial charge in [0.25, 0.3) is 0 Å². The normalized spacial score (nSPS) is 13.9. The summed E-state index contributed by atoms with van der Waals surface area (Å²) in [4.78, 5) is 21.0. The van der Waals surface area contributed by atoms with Crippen LogP contribution in [0.1, 0.15) is 13.8 Å². The second-order valence-corrected chi connectivity index (χ2v) is 4.53. The number of rotatable bonds is 13. The summed E-state index contributed by atoms with van der Waals surface area (Å²) in [5.41, 5.74) is 0. The van der Waals surface area contributed by atoms with Gasteiger partial charge in [-0.2, -0.15) is 0 Å². The SMILES string of the molecule is C[C@H](NCCNCCNCCN[C@@H](C)C(=O)O)C(=O)O. The molecular formula is C12H26N4O4. The van der Waals surface area contributed by atoms with Gasteiger partial charge in [0.1, 0.15) is 12.1 Å². The molecule has 6 N–H and O–H groups in total. The Bertz CT molecular complexity index is 261. The Morgan fingerprint density at radius 3 is 1.35 bits per heavy atom. The summed E-state index contributed by atoms with van der Waals surface area (Å²) >= 11 is 0. The molecule has 0 amide bonds. The molecule has 20 heavy (non-hydrogen) atoms. The summed E-state index contributed by atoms with van der Waals surface area (Å²) < 4.78 is 0. The van der Waals surface area contributed by atoms with Crippen molar-refractivity contribution in [1.82, 2.24) is 21.3 Å². The smallest absolute Gasteiger partial charge is 0.320 e. The molecule has 0 radical (unpaired) electrons. The lowest BCUT2D eigenvalue weighted by molar-refractivity contribution is -0.139. The molecule has 0 aromatic heterocycles. The first kappa shape index (κ1) is 18.8. The molecule has 0 unspecified atom stereocenters. The van der Waals surface area contributed by atoms with Gasteiger partial charge >= 0.3 is 11.9 Å². The quantitative estimate of drug-likeness (QED) is 0.222. The molecule has 0 bridgehead atoms. The Hall–Kier alpha value is -1.22. The topological polar surface area (TPSA) is 123 Å². The van der Waals surface area contributed by atoms with Crippen LogP contribution < -0.4 is 21.3 Å². The van der Waals surface area contributed by atoms with E-state index in [4.69, 9.17) is 10.2 Å². The predicted molar refractivity (Wildman–Crippen MR) is 75.9 cm³/mol. The molecule has 0 aliphatic heterocycles. The van der Waals surface area contributed by atoms with Crippen LogP contribution in [0.25, 0.3) is 0 Å². The molecule has 0 heterocycles. The molecule has 0 aromatic rings. The molecular weight excluding hydrogens is 264 g/mol. The number of aliphatic carboxylic acids is 2. The maximum absolute atomic E-state index is 10.5. The fraction of sp³-hybridized carbons (Fsp3) is 0.833. The van der Waals surface area contributed by atoms with Crippen LogP contribution in [-0.2, 0) is 9.59 Å². The Labute approximate surface area is 119 Å². The highest BCUT2D eigenvalue weighted by molar-refractivity contribution is 5.73. The van der Waals surface area contributed by atoms with Crippen LogP contribution in [0, 0.1) is 0 Å². The van der Waals surface area contributed by atoms with Crippen LogP contribution in [0.2, 0.25) is 0 Å². The molecule has 0 aromatic carbocycles. The summed E-state index contributed by atoms with van der Waals surface area (Å²) in [5, 5.41) is 29.4. The number of hydrogen-bond acceptors (Lipinski definition) is 6. The van der Waals surface area contributed by atoms with Gasteiger partial charge in [0.05, 0.1) is 0 Å². The molecule has 0 saturated heterocycles. The average molecular weight is 290 g/mol. The minimum atomic E-state index is -0.852. The Kier molecular flexibility index (Phi) is 10.9. The van der Waals surface area contributed by atoms with Crippen molar-refractivity contribution in [2.45, 2.75) is 25.9 Å². The van der Waals surface area contributed by atoms with Crippen molar-refractivity contribution in [2.24, 2.45) is 0 Å². The highest BCUT2D eigenvalue weighted by Crippen LogP contribution is 1.79. The van der Waals surface area contributed by atoms with Crippen molar-refractivity contribution in [1.29, 1.82) is 0 Å². The van der Waals surface area contributed by atoms with Gasteiger partial charge in [-0.05, 0) is 13.8 Å². The third-order valence-corrected chi connectivity index (χ3v) is 2.72. The Morgan fingerprint density at radius 1 is 0.750 bits per heavy atom. The summed E-state index contributed by atoms with van der Waals surface area (Å²) in [5.74, 6) is -1.70. The van der Waals surface area contributed by atoms with Crippen LogP contribution >= 0.6 is 0 Å². The number of nitrogens with one attached hydrogen (secondary N) is 4. The van der Waals surface area contributed by atoms with Gasteiger partial charge in [0.15, 0.2) is 0 Å². The van der Waals surface area contributed by atoms with Crippen LogP contribution in [0.15, 0.2) is 0 Å². The van der Waals surface area contributed by atoms with Gasteiger partial charge in [0, 0.05) is 39.3 Å². The van der Waals surface area contributed by atoms with E-state index in [1.54, 1.807) is 13.8 Å². The number of carboxylic acid groups (broad SMARTS) is 2. The van der Waals surface area contributed by atoms with E-state index >= 15 is 0 Å². The lowest BCUT2D eigenvalue weighted by Crippen LogP contribution is -2.41. The minimum Gasteiger partial charge on any atom is -0.480 e. The van der Waals surface area contributed by atoms with Gasteiger partial charge in [-0.3, -0.25) is 9.59 Å². The van der Waals surface area contributed by atoms with E-state index in [9.17, 15) is 9.59 Å². The fourth-order valence-electron chi connectivity index (χ4n) is 1.36. The monoisotopic (exact) mass is 290 g/mol. The molecule has 118 valence electrons. The van der Waals surface area contributed by atoms with Crippen LogP contribution in [-0.4, -0.2) is 73.5 Å². The molecule has 0 rings (SSSR count). The van der Waals surface area contributed by atoms with Gasteiger partial charge in [0.2, 0.25) is 0 Å². The van der Waals surface area contributed by atoms with Crippen LogP contribution in [0.4, 0.5) is 0 Å². The number of carboxylic acids is 2. The zero-order valence-electron chi connectivity index (χ0n) is 12.1. The lowest BCUT2D eigenvalue weighted by atomic mass is 10.3. The first-order valence-corrected chi connectivity index (χ1v) is 6.79. The number of carbonyl (C=O) groups is 2. The van der Waals surface area contributed by atoms with Crippen molar-refractivity contribution < 1.29 is 19.8 Å². The van der Waals surface area contributed by atoms with Crippen molar-refractivity contribution in [2.75, 3.05) is 39.3 Å². The van der Waals surface area contributed by atoms with E-state index in [0.717, 1.165) is 13.1 Å².